The van der Waals surface area contributed by atoms with Crippen molar-refractivity contribution in [3.8, 4) is 5.75 Å². The molecular weight excluding hydrogens is 252 g/mol. The summed E-state index contributed by atoms with van der Waals surface area (Å²) in [6, 6.07) is 8.14. The van der Waals surface area contributed by atoms with E-state index >= 15 is 0 Å². The Hall–Kier alpha value is -0.780. The maximum absolute atomic E-state index is 5.37. The predicted molar refractivity (Wildman–Crippen MR) is 76.2 cm³/mol. The van der Waals surface area contributed by atoms with Crippen molar-refractivity contribution in [2.24, 2.45) is 0 Å². The van der Waals surface area contributed by atoms with Crippen LogP contribution in [0.15, 0.2) is 24.3 Å². The molecule has 0 unspecified atom stereocenters. The number of thiocarbonyl (C=S) groups is 1. The van der Waals surface area contributed by atoms with E-state index in [9.17, 15) is 0 Å². The summed E-state index contributed by atoms with van der Waals surface area (Å²) in [5, 5.41) is 0. The van der Waals surface area contributed by atoms with Crippen LogP contribution in [-0.4, -0.2) is 40.8 Å². The summed E-state index contributed by atoms with van der Waals surface area (Å²) in [5.74, 6) is 1.87. The van der Waals surface area contributed by atoms with Crippen molar-refractivity contribution in [1.82, 2.24) is 9.80 Å². The molecule has 3 nitrogen and oxygen atoms in total. The lowest BCUT2D eigenvalue weighted by atomic mass is 10.2. The van der Waals surface area contributed by atoms with Crippen LogP contribution in [0.3, 0.4) is 0 Å². The molecule has 0 aliphatic carbocycles. The second-order valence-electron chi connectivity index (χ2n) is 4.08. The van der Waals surface area contributed by atoms with E-state index in [1.54, 1.807) is 18.9 Å². The molecule has 0 aromatic heterocycles. The van der Waals surface area contributed by atoms with Gasteiger partial charge in [-0.15, -0.1) is 0 Å². The lowest BCUT2D eigenvalue weighted by Crippen LogP contribution is -2.42. The topological polar surface area (TPSA) is 15.7 Å². The van der Waals surface area contributed by atoms with Crippen molar-refractivity contribution in [2.45, 2.75) is 6.54 Å². The molecular formula is C12H16N2OS2. The molecule has 17 heavy (non-hydrogen) atoms. The Morgan fingerprint density at radius 3 is 2.71 bits per heavy atom. The Morgan fingerprint density at radius 1 is 1.35 bits per heavy atom. The summed E-state index contributed by atoms with van der Waals surface area (Å²) in [5.41, 5.74) is 1.25. The van der Waals surface area contributed by atoms with Crippen LogP contribution in [0.25, 0.3) is 0 Å². The first kappa shape index (κ1) is 12.7. The van der Waals surface area contributed by atoms with Crippen molar-refractivity contribution < 1.29 is 4.74 Å². The fourth-order valence-corrected chi connectivity index (χ4v) is 2.71. The average molecular weight is 268 g/mol. The SMILES string of the molecule is COc1ccc(CN2CN(C)CSC2=S)cc1. The maximum Gasteiger partial charge on any atom is 0.138 e. The summed E-state index contributed by atoms with van der Waals surface area (Å²) in [6.45, 7) is 1.76. The van der Waals surface area contributed by atoms with Gasteiger partial charge in [0, 0.05) is 6.54 Å². The van der Waals surface area contributed by atoms with Crippen molar-refractivity contribution in [2.75, 3.05) is 26.7 Å². The minimum absolute atomic E-state index is 0.861. The lowest BCUT2D eigenvalue weighted by molar-refractivity contribution is 0.244. The first-order chi connectivity index (χ1) is 8.19. The van der Waals surface area contributed by atoms with Crippen LogP contribution in [0, 0.1) is 0 Å². The average Bonchev–Trinajstić information content (AvgIpc) is 2.35. The van der Waals surface area contributed by atoms with Crippen LogP contribution in [-0.2, 0) is 6.54 Å². The molecule has 1 aromatic carbocycles. The molecule has 1 heterocycles. The number of ether oxygens (including phenoxy) is 1. The zero-order valence-corrected chi connectivity index (χ0v) is 11.7. The summed E-state index contributed by atoms with van der Waals surface area (Å²) in [4.78, 5) is 4.47. The van der Waals surface area contributed by atoms with E-state index in [4.69, 9.17) is 17.0 Å². The molecule has 5 heteroatoms. The molecule has 0 atom stereocenters. The molecule has 0 N–H and O–H groups in total. The van der Waals surface area contributed by atoms with Crippen LogP contribution in [0.4, 0.5) is 0 Å². The third-order valence-electron chi connectivity index (χ3n) is 2.61. The van der Waals surface area contributed by atoms with E-state index in [1.807, 2.05) is 12.1 Å². The number of benzene rings is 1. The molecule has 1 saturated heterocycles. The number of methoxy groups -OCH3 is 1. The Labute approximate surface area is 112 Å². The van der Waals surface area contributed by atoms with E-state index < -0.39 is 0 Å². The molecule has 0 radical (unpaired) electrons. The van der Waals surface area contributed by atoms with E-state index in [-0.39, 0.29) is 0 Å². The highest BCUT2D eigenvalue weighted by Crippen LogP contribution is 2.20. The fourth-order valence-electron chi connectivity index (χ4n) is 1.71. The van der Waals surface area contributed by atoms with E-state index in [0.29, 0.717) is 0 Å². The quantitative estimate of drug-likeness (QED) is 0.780. The van der Waals surface area contributed by atoms with Crippen LogP contribution in [0.5, 0.6) is 5.75 Å². The molecule has 1 aliphatic heterocycles. The van der Waals surface area contributed by atoms with Gasteiger partial charge in [0.05, 0.1) is 19.7 Å². The first-order valence-electron chi connectivity index (χ1n) is 5.42. The van der Waals surface area contributed by atoms with Crippen molar-refractivity contribution in [3.05, 3.63) is 29.8 Å². The van der Waals surface area contributed by atoms with Crippen molar-refractivity contribution >= 4 is 28.3 Å². The number of thioether (sulfide) groups is 1. The van der Waals surface area contributed by atoms with Gasteiger partial charge in [-0.25, -0.2) is 0 Å². The van der Waals surface area contributed by atoms with Gasteiger partial charge in [0.2, 0.25) is 0 Å². The van der Waals surface area contributed by atoms with E-state index in [1.165, 1.54) is 5.56 Å². The number of rotatable bonds is 3. The Bertz CT molecular complexity index is 394. The molecule has 1 aliphatic rings. The molecule has 0 bridgehead atoms. The van der Waals surface area contributed by atoms with Gasteiger partial charge in [0.1, 0.15) is 10.1 Å². The Balaban J connectivity index is 2.01. The lowest BCUT2D eigenvalue weighted by Gasteiger charge is -2.34. The minimum Gasteiger partial charge on any atom is -0.497 e. The van der Waals surface area contributed by atoms with Gasteiger partial charge in [0.25, 0.3) is 0 Å². The Kier molecular flexibility index (Phi) is 4.25. The fraction of sp³-hybridized carbons (Fsp3) is 0.417. The second-order valence-corrected chi connectivity index (χ2v) is 5.66. The number of hydrogen-bond acceptors (Lipinski definition) is 4. The molecule has 92 valence electrons. The third-order valence-corrected chi connectivity index (χ3v) is 4.30. The van der Waals surface area contributed by atoms with Gasteiger partial charge in [-0.2, -0.15) is 0 Å². The van der Waals surface area contributed by atoms with Gasteiger partial charge >= 0.3 is 0 Å². The smallest absolute Gasteiger partial charge is 0.138 e. The number of nitrogens with zero attached hydrogens (tertiary/aromatic N) is 2. The summed E-state index contributed by atoms with van der Waals surface area (Å²) >= 11 is 7.09. The maximum atomic E-state index is 5.37. The molecule has 1 fully saturated rings. The van der Waals surface area contributed by atoms with Gasteiger partial charge in [0.15, 0.2) is 0 Å². The predicted octanol–water partition coefficient (Wildman–Crippen LogP) is 2.38. The van der Waals surface area contributed by atoms with E-state index in [2.05, 4.69) is 29.0 Å². The van der Waals surface area contributed by atoms with Gasteiger partial charge in [-0.1, -0.05) is 36.1 Å². The van der Waals surface area contributed by atoms with Crippen LogP contribution < -0.4 is 4.74 Å². The minimum atomic E-state index is 0.861. The molecule has 2 rings (SSSR count). The second kappa shape index (κ2) is 5.71. The normalized spacial score (nSPS) is 17.3. The largest absolute Gasteiger partial charge is 0.497 e. The molecule has 0 amide bonds. The standard InChI is InChI=1S/C12H16N2OS2/c1-13-8-14(12(16)17-9-13)7-10-3-5-11(15-2)6-4-10/h3-6H,7-9H2,1-2H3. The van der Waals surface area contributed by atoms with E-state index in [0.717, 1.165) is 29.2 Å². The summed E-state index contributed by atoms with van der Waals surface area (Å²) in [7, 11) is 3.79. The zero-order chi connectivity index (χ0) is 12.3. The van der Waals surface area contributed by atoms with Crippen LogP contribution in [0.1, 0.15) is 5.56 Å². The zero-order valence-electron chi connectivity index (χ0n) is 10.0. The highest BCUT2D eigenvalue weighted by Gasteiger charge is 2.18. The Morgan fingerprint density at radius 2 is 2.06 bits per heavy atom. The van der Waals surface area contributed by atoms with Crippen LogP contribution in [0.2, 0.25) is 0 Å². The van der Waals surface area contributed by atoms with Gasteiger partial charge in [-0.05, 0) is 24.7 Å². The van der Waals surface area contributed by atoms with Crippen molar-refractivity contribution in [1.29, 1.82) is 0 Å². The summed E-state index contributed by atoms with van der Waals surface area (Å²) in [6.07, 6.45) is 0. The third kappa shape index (κ3) is 3.34. The highest BCUT2D eigenvalue weighted by atomic mass is 32.2. The highest BCUT2D eigenvalue weighted by molar-refractivity contribution is 8.22. The van der Waals surface area contributed by atoms with Gasteiger partial charge in [-0.3, -0.25) is 4.90 Å². The molecule has 1 aromatic rings. The summed E-state index contributed by atoms with van der Waals surface area (Å²) < 4.78 is 6.13. The van der Waals surface area contributed by atoms with Gasteiger partial charge < -0.3 is 9.64 Å². The monoisotopic (exact) mass is 268 g/mol. The van der Waals surface area contributed by atoms with Crippen LogP contribution >= 0.6 is 24.0 Å². The first-order valence-corrected chi connectivity index (χ1v) is 6.81. The molecule has 0 saturated carbocycles. The number of hydrogen-bond donors (Lipinski definition) is 0. The molecule has 0 spiro atoms. The van der Waals surface area contributed by atoms with Crippen molar-refractivity contribution in [3.63, 3.8) is 0 Å².